The number of aryl methyl sites for hydroxylation is 1. The molecule has 0 saturated carbocycles. The summed E-state index contributed by atoms with van der Waals surface area (Å²) in [6.07, 6.45) is 1.83. The van der Waals surface area contributed by atoms with Crippen molar-refractivity contribution in [3.05, 3.63) is 5.82 Å². The molecule has 2 rings (SSSR count). The minimum atomic E-state index is -0.292. The second kappa shape index (κ2) is 7.43. The summed E-state index contributed by atoms with van der Waals surface area (Å²) in [6, 6.07) is -0.0903. The lowest BCUT2D eigenvalue weighted by atomic mass is 9.97. The molecule has 0 aliphatic carbocycles. The Bertz CT molecular complexity index is 560. The molecule has 2 N–H and O–H groups in total. The van der Waals surface area contributed by atoms with Crippen molar-refractivity contribution in [3.8, 4) is 0 Å². The van der Waals surface area contributed by atoms with Crippen molar-refractivity contribution in [2.75, 3.05) is 25.0 Å². The second-order valence-electron chi connectivity index (χ2n) is 6.31. The highest BCUT2D eigenvalue weighted by Gasteiger charge is 2.21. The van der Waals surface area contributed by atoms with Crippen LogP contribution in [-0.4, -0.2) is 51.2 Å². The van der Waals surface area contributed by atoms with Crippen LogP contribution in [-0.2, 0) is 4.79 Å². The molecule has 23 heavy (non-hydrogen) atoms. The van der Waals surface area contributed by atoms with Crippen molar-refractivity contribution in [1.82, 2.24) is 25.0 Å². The Morgan fingerprint density at radius 1 is 1.30 bits per heavy atom. The lowest BCUT2D eigenvalue weighted by Gasteiger charge is -2.31. The number of hydrogen-bond acceptors (Lipinski definition) is 4. The number of aromatic nitrogens is 3. The number of carbonyl (C=O) groups excluding carboxylic acids is 2. The lowest BCUT2D eigenvalue weighted by Crippen LogP contribution is -2.41. The van der Waals surface area contributed by atoms with E-state index in [4.69, 9.17) is 0 Å². The Morgan fingerprint density at radius 3 is 2.48 bits per heavy atom. The van der Waals surface area contributed by atoms with Crippen molar-refractivity contribution in [2.45, 2.75) is 46.6 Å². The van der Waals surface area contributed by atoms with Crippen LogP contribution in [0.25, 0.3) is 0 Å². The number of urea groups is 1. The largest absolute Gasteiger partial charge is 0.343 e. The van der Waals surface area contributed by atoms with Crippen LogP contribution in [0.1, 0.15) is 45.5 Å². The molecule has 128 valence electrons. The van der Waals surface area contributed by atoms with E-state index < -0.39 is 0 Å². The van der Waals surface area contributed by atoms with Crippen molar-refractivity contribution >= 4 is 17.9 Å². The first-order valence-corrected chi connectivity index (χ1v) is 8.10. The molecular weight excluding hydrogens is 296 g/mol. The van der Waals surface area contributed by atoms with Gasteiger partial charge >= 0.3 is 6.03 Å². The molecule has 0 spiro atoms. The fourth-order valence-electron chi connectivity index (χ4n) is 2.78. The number of nitrogens with one attached hydrogen (secondary N) is 2. The van der Waals surface area contributed by atoms with E-state index in [0.717, 1.165) is 31.8 Å². The summed E-state index contributed by atoms with van der Waals surface area (Å²) in [5.74, 6) is 1.61. The molecular formula is C15H26N6O2. The Hall–Kier alpha value is -2.12. The summed E-state index contributed by atoms with van der Waals surface area (Å²) in [7, 11) is 0. The predicted octanol–water partition coefficient (Wildman–Crippen LogP) is 1.55. The summed E-state index contributed by atoms with van der Waals surface area (Å²) in [5.41, 5.74) is 0. The van der Waals surface area contributed by atoms with Gasteiger partial charge in [0, 0.05) is 32.6 Å². The van der Waals surface area contributed by atoms with Gasteiger partial charge in [0.15, 0.2) is 0 Å². The van der Waals surface area contributed by atoms with Crippen LogP contribution in [0.5, 0.6) is 0 Å². The van der Waals surface area contributed by atoms with E-state index in [2.05, 4.69) is 20.7 Å². The molecule has 8 heteroatoms. The standard InChI is InChI=1S/C15H26N6O2/c1-10(2)21-11(3)17-14(19-21)18-15(23)16-9-13-5-7-20(8-6-13)12(4)22/h10,13H,5-9H2,1-4H3,(H2,16,18,19,23). The van der Waals surface area contributed by atoms with Gasteiger partial charge in [-0.1, -0.05) is 0 Å². The third kappa shape index (κ3) is 4.67. The summed E-state index contributed by atoms with van der Waals surface area (Å²) in [4.78, 5) is 29.3. The number of nitrogens with zero attached hydrogens (tertiary/aromatic N) is 4. The van der Waals surface area contributed by atoms with Gasteiger partial charge in [-0.2, -0.15) is 4.98 Å². The van der Waals surface area contributed by atoms with E-state index >= 15 is 0 Å². The highest BCUT2D eigenvalue weighted by molar-refractivity contribution is 5.87. The molecule has 0 bridgehead atoms. The van der Waals surface area contributed by atoms with E-state index in [-0.39, 0.29) is 18.0 Å². The molecule has 1 aromatic rings. The molecule has 0 aromatic carbocycles. The van der Waals surface area contributed by atoms with Gasteiger partial charge in [0.2, 0.25) is 11.9 Å². The number of anilines is 1. The maximum atomic E-state index is 11.9. The zero-order valence-electron chi connectivity index (χ0n) is 14.3. The van der Waals surface area contributed by atoms with Crippen LogP contribution in [0.2, 0.25) is 0 Å². The lowest BCUT2D eigenvalue weighted by molar-refractivity contribution is -0.130. The molecule has 1 aromatic heterocycles. The molecule has 1 saturated heterocycles. The second-order valence-corrected chi connectivity index (χ2v) is 6.31. The van der Waals surface area contributed by atoms with Crippen LogP contribution in [0.3, 0.4) is 0 Å². The number of hydrogen-bond donors (Lipinski definition) is 2. The van der Waals surface area contributed by atoms with Crippen molar-refractivity contribution in [1.29, 1.82) is 0 Å². The van der Waals surface area contributed by atoms with Gasteiger partial charge in [-0.15, -0.1) is 5.10 Å². The minimum Gasteiger partial charge on any atom is -0.343 e. The minimum absolute atomic E-state index is 0.122. The van der Waals surface area contributed by atoms with Gasteiger partial charge in [0.1, 0.15) is 5.82 Å². The summed E-state index contributed by atoms with van der Waals surface area (Å²) in [5, 5.41) is 9.79. The maximum Gasteiger partial charge on any atom is 0.321 e. The van der Waals surface area contributed by atoms with Crippen LogP contribution in [0.4, 0.5) is 10.7 Å². The third-order valence-corrected chi connectivity index (χ3v) is 4.13. The summed E-state index contributed by atoms with van der Waals surface area (Å²) in [6.45, 7) is 9.61. The number of likely N-dealkylation sites (tertiary alicyclic amines) is 1. The number of rotatable bonds is 4. The van der Waals surface area contributed by atoms with Gasteiger partial charge in [0.05, 0.1) is 0 Å². The van der Waals surface area contributed by atoms with Crippen molar-refractivity contribution in [3.63, 3.8) is 0 Å². The third-order valence-electron chi connectivity index (χ3n) is 4.13. The topological polar surface area (TPSA) is 92.2 Å². The molecule has 1 aliphatic rings. The Morgan fingerprint density at radius 2 is 1.96 bits per heavy atom. The average molecular weight is 322 g/mol. The molecule has 0 unspecified atom stereocenters. The normalized spacial score (nSPS) is 15.8. The number of piperidine rings is 1. The first-order chi connectivity index (χ1) is 10.9. The number of amides is 3. The molecule has 0 radical (unpaired) electrons. The predicted molar refractivity (Wildman–Crippen MR) is 87.1 cm³/mol. The van der Waals surface area contributed by atoms with Gasteiger partial charge in [-0.3, -0.25) is 10.1 Å². The molecule has 1 fully saturated rings. The molecule has 1 aliphatic heterocycles. The fourth-order valence-corrected chi connectivity index (χ4v) is 2.78. The highest BCUT2D eigenvalue weighted by Crippen LogP contribution is 2.16. The van der Waals surface area contributed by atoms with Gasteiger partial charge in [-0.05, 0) is 39.5 Å². The van der Waals surface area contributed by atoms with Crippen LogP contribution in [0, 0.1) is 12.8 Å². The van der Waals surface area contributed by atoms with E-state index in [0.29, 0.717) is 18.4 Å². The van der Waals surface area contributed by atoms with E-state index in [9.17, 15) is 9.59 Å². The fraction of sp³-hybridized carbons (Fsp3) is 0.733. The Labute approximate surface area is 136 Å². The average Bonchev–Trinajstić information content (AvgIpc) is 2.86. The monoisotopic (exact) mass is 322 g/mol. The molecule has 2 heterocycles. The van der Waals surface area contributed by atoms with Crippen LogP contribution in [0.15, 0.2) is 0 Å². The summed E-state index contributed by atoms with van der Waals surface area (Å²) >= 11 is 0. The van der Waals surface area contributed by atoms with Gasteiger partial charge in [-0.25, -0.2) is 9.48 Å². The zero-order chi connectivity index (χ0) is 17.0. The quantitative estimate of drug-likeness (QED) is 0.879. The van der Waals surface area contributed by atoms with Gasteiger partial charge in [0.25, 0.3) is 0 Å². The van der Waals surface area contributed by atoms with E-state index in [1.54, 1.807) is 11.6 Å². The van der Waals surface area contributed by atoms with E-state index in [1.807, 2.05) is 25.7 Å². The summed E-state index contributed by atoms with van der Waals surface area (Å²) < 4.78 is 1.77. The number of carbonyl (C=O) groups is 2. The molecule has 0 atom stereocenters. The van der Waals surface area contributed by atoms with Crippen LogP contribution >= 0.6 is 0 Å². The SMILES string of the molecule is CC(=O)N1CCC(CNC(=O)Nc2nc(C)n(C(C)C)n2)CC1. The van der Waals surface area contributed by atoms with Crippen molar-refractivity contribution < 1.29 is 9.59 Å². The Kier molecular flexibility index (Phi) is 5.57. The van der Waals surface area contributed by atoms with Gasteiger partial charge < -0.3 is 10.2 Å². The highest BCUT2D eigenvalue weighted by atomic mass is 16.2. The van der Waals surface area contributed by atoms with E-state index in [1.165, 1.54) is 0 Å². The maximum absolute atomic E-state index is 11.9. The van der Waals surface area contributed by atoms with Crippen LogP contribution < -0.4 is 10.6 Å². The van der Waals surface area contributed by atoms with Crippen molar-refractivity contribution in [2.24, 2.45) is 5.92 Å². The molecule has 8 nitrogen and oxygen atoms in total. The smallest absolute Gasteiger partial charge is 0.321 e. The zero-order valence-corrected chi connectivity index (χ0v) is 14.3. The Balaban J connectivity index is 1.75. The first-order valence-electron chi connectivity index (χ1n) is 8.10. The first kappa shape index (κ1) is 17.2. The molecule has 3 amide bonds.